The normalized spacial score (nSPS) is 24.0. The summed E-state index contributed by atoms with van der Waals surface area (Å²) >= 11 is 0. The van der Waals surface area contributed by atoms with E-state index in [2.05, 4.69) is 25.8 Å². The Morgan fingerprint density at radius 2 is 2.05 bits per heavy atom. The lowest BCUT2D eigenvalue weighted by Crippen LogP contribution is -2.46. The highest BCUT2D eigenvalue weighted by Gasteiger charge is 2.46. The Balaban J connectivity index is 1.96. The molecule has 1 aromatic carbocycles. The van der Waals surface area contributed by atoms with E-state index in [4.69, 9.17) is 5.84 Å². The fraction of sp³-hybridized carbons (Fsp3) is 0.529. The van der Waals surface area contributed by atoms with E-state index in [0.717, 1.165) is 17.9 Å². The molecule has 0 aliphatic heterocycles. The van der Waals surface area contributed by atoms with Crippen molar-refractivity contribution in [1.82, 2.24) is 9.66 Å². The van der Waals surface area contributed by atoms with Gasteiger partial charge in [-0.15, -0.1) is 0 Å². The molecule has 0 amide bonds. The van der Waals surface area contributed by atoms with E-state index in [0.29, 0.717) is 22.5 Å². The predicted molar refractivity (Wildman–Crippen MR) is 85.5 cm³/mol. The Morgan fingerprint density at radius 3 is 2.71 bits per heavy atom. The average molecular weight is 285 g/mol. The zero-order valence-corrected chi connectivity index (χ0v) is 13.0. The molecule has 2 N–H and O–H groups in total. The first-order chi connectivity index (χ1) is 9.95. The van der Waals surface area contributed by atoms with Gasteiger partial charge in [-0.2, -0.15) is 0 Å². The second-order valence-electron chi connectivity index (χ2n) is 6.78. The van der Waals surface area contributed by atoms with Crippen LogP contribution in [0, 0.1) is 17.3 Å². The van der Waals surface area contributed by atoms with Gasteiger partial charge >= 0.3 is 0 Å². The monoisotopic (exact) mass is 285 g/mol. The van der Waals surface area contributed by atoms with Gasteiger partial charge in [-0.1, -0.05) is 39.3 Å². The Labute approximate surface area is 125 Å². The first kappa shape index (κ1) is 14.1. The minimum absolute atomic E-state index is 0.153. The molecule has 1 aromatic heterocycles. The minimum Gasteiger partial charge on any atom is -0.335 e. The second kappa shape index (κ2) is 4.86. The Bertz CT molecular complexity index is 732. The highest BCUT2D eigenvalue weighted by atomic mass is 16.1. The van der Waals surface area contributed by atoms with Crippen LogP contribution in [-0.4, -0.2) is 9.66 Å². The summed E-state index contributed by atoms with van der Waals surface area (Å²) in [5.74, 6) is 7.98. The van der Waals surface area contributed by atoms with Gasteiger partial charge in [0.2, 0.25) is 0 Å². The third-order valence-electron chi connectivity index (χ3n) is 5.48. The number of fused-ring (bicyclic) bond motifs is 1. The molecule has 1 aliphatic rings. The number of nitrogens with zero attached hydrogens (tertiary/aromatic N) is 2. The molecule has 0 radical (unpaired) electrons. The summed E-state index contributed by atoms with van der Waals surface area (Å²) in [7, 11) is 0. The second-order valence-corrected chi connectivity index (χ2v) is 6.78. The molecule has 4 nitrogen and oxygen atoms in total. The van der Waals surface area contributed by atoms with Gasteiger partial charge in [0.25, 0.3) is 5.56 Å². The topological polar surface area (TPSA) is 60.9 Å². The predicted octanol–water partition coefficient (Wildman–Crippen LogP) is 2.73. The zero-order valence-electron chi connectivity index (χ0n) is 13.0. The van der Waals surface area contributed by atoms with E-state index in [1.54, 1.807) is 6.07 Å². The van der Waals surface area contributed by atoms with Crippen LogP contribution in [0.1, 0.15) is 39.4 Å². The lowest BCUT2D eigenvalue weighted by atomic mass is 9.53. The fourth-order valence-corrected chi connectivity index (χ4v) is 3.72. The number of hydrogen-bond donors (Lipinski definition) is 1. The van der Waals surface area contributed by atoms with Crippen LogP contribution in [0.5, 0.6) is 0 Å². The molecule has 3 rings (SSSR count). The molecule has 0 saturated heterocycles. The molecule has 21 heavy (non-hydrogen) atoms. The number of benzene rings is 1. The van der Waals surface area contributed by atoms with Crippen molar-refractivity contribution in [3.8, 4) is 0 Å². The summed E-state index contributed by atoms with van der Waals surface area (Å²) in [4.78, 5) is 16.9. The summed E-state index contributed by atoms with van der Waals surface area (Å²) in [6.45, 7) is 6.88. The highest BCUT2D eigenvalue weighted by molar-refractivity contribution is 5.77. The maximum Gasteiger partial charge on any atom is 0.279 e. The molecule has 112 valence electrons. The van der Waals surface area contributed by atoms with Crippen molar-refractivity contribution in [2.75, 3.05) is 5.84 Å². The molecular formula is C17H23N3O. The number of nitrogens with two attached hydrogens (primary N) is 1. The van der Waals surface area contributed by atoms with Crippen LogP contribution < -0.4 is 11.4 Å². The minimum atomic E-state index is -0.153. The van der Waals surface area contributed by atoms with E-state index in [-0.39, 0.29) is 5.56 Å². The van der Waals surface area contributed by atoms with Crippen molar-refractivity contribution < 1.29 is 0 Å². The molecule has 0 bridgehead atoms. The van der Waals surface area contributed by atoms with E-state index < -0.39 is 0 Å². The van der Waals surface area contributed by atoms with Crippen molar-refractivity contribution in [3.05, 3.63) is 40.4 Å². The van der Waals surface area contributed by atoms with E-state index >= 15 is 0 Å². The zero-order chi connectivity index (χ0) is 15.2. The standard InChI is InChI=1S/C17H23N3O/c1-4-11-9-12(17(11,2)3)10-15-19-14-8-6-5-7-13(14)16(21)20(15)18/h5-8,11-12H,4,9-10,18H2,1-3H3. The molecule has 2 unspecified atom stereocenters. The van der Waals surface area contributed by atoms with Crippen LogP contribution in [0.15, 0.2) is 29.1 Å². The third-order valence-corrected chi connectivity index (χ3v) is 5.48. The van der Waals surface area contributed by atoms with Gasteiger partial charge in [-0.3, -0.25) is 4.79 Å². The van der Waals surface area contributed by atoms with Gasteiger partial charge < -0.3 is 5.84 Å². The average Bonchev–Trinajstić information content (AvgIpc) is 2.47. The Morgan fingerprint density at radius 1 is 1.33 bits per heavy atom. The Hall–Kier alpha value is -1.84. The summed E-state index contributed by atoms with van der Waals surface area (Å²) < 4.78 is 1.23. The third kappa shape index (κ3) is 2.13. The van der Waals surface area contributed by atoms with Gasteiger partial charge in [0, 0.05) is 6.42 Å². The largest absolute Gasteiger partial charge is 0.335 e. The van der Waals surface area contributed by atoms with Crippen molar-refractivity contribution in [3.63, 3.8) is 0 Å². The quantitative estimate of drug-likeness (QED) is 0.882. The van der Waals surface area contributed by atoms with E-state index in [1.807, 2.05) is 18.2 Å². The molecule has 1 saturated carbocycles. The molecule has 1 fully saturated rings. The maximum absolute atomic E-state index is 12.3. The van der Waals surface area contributed by atoms with Gasteiger partial charge in [0.15, 0.2) is 0 Å². The molecule has 2 atom stereocenters. The van der Waals surface area contributed by atoms with E-state index in [1.165, 1.54) is 17.5 Å². The lowest BCUT2D eigenvalue weighted by Gasteiger charge is -2.52. The smallest absolute Gasteiger partial charge is 0.279 e. The molecule has 2 aromatic rings. The van der Waals surface area contributed by atoms with Crippen molar-refractivity contribution in [1.29, 1.82) is 0 Å². The first-order valence-corrected chi connectivity index (χ1v) is 7.71. The van der Waals surface area contributed by atoms with Crippen LogP contribution in [0.25, 0.3) is 10.9 Å². The highest BCUT2D eigenvalue weighted by Crippen LogP contribution is 2.53. The number of para-hydroxylation sites is 1. The summed E-state index contributed by atoms with van der Waals surface area (Å²) in [5, 5.41) is 0.586. The summed E-state index contributed by atoms with van der Waals surface area (Å²) in [5.41, 5.74) is 0.890. The SMILES string of the molecule is CCC1CC(Cc2nc3ccccc3c(=O)n2N)C1(C)C. The van der Waals surface area contributed by atoms with Gasteiger partial charge in [-0.05, 0) is 35.8 Å². The van der Waals surface area contributed by atoms with Crippen LogP contribution >= 0.6 is 0 Å². The van der Waals surface area contributed by atoms with E-state index in [9.17, 15) is 4.79 Å². The molecule has 1 aliphatic carbocycles. The summed E-state index contributed by atoms with van der Waals surface area (Å²) in [6, 6.07) is 7.39. The van der Waals surface area contributed by atoms with Crippen LogP contribution in [-0.2, 0) is 6.42 Å². The maximum atomic E-state index is 12.3. The van der Waals surface area contributed by atoms with Crippen molar-refractivity contribution in [2.45, 2.75) is 40.0 Å². The Kier molecular flexibility index (Phi) is 3.27. The number of aromatic nitrogens is 2. The van der Waals surface area contributed by atoms with Crippen LogP contribution in [0.3, 0.4) is 0 Å². The molecule has 1 heterocycles. The van der Waals surface area contributed by atoms with Gasteiger partial charge in [0.1, 0.15) is 5.82 Å². The molecular weight excluding hydrogens is 262 g/mol. The molecule has 4 heteroatoms. The van der Waals surface area contributed by atoms with Gasteiger partial charge in [0.05, 0.1) is 10.9 Å². The summed E-state index contributed by atoms with van der Waals surface area (Å²) in [6.07, 6.45) is 3.19. The van der Waals surface area contributed by atoms with Crippen molar-refractivity contribution in [2.24, 2.45) is 17.3 Å². The van der Waals surface area contributed by atoms with Gasteiger partial charge in [-0.25, -0.2) is 9.66 Å². The lowest BCUT2D eigenvalue weighted by molar-refractivity contribution is -0.0233. The number of rotatable bonds is 3. The van der Waals surface area contributed by atoms with Crippen LogP contribution in [0.4, 0.5) is 0 Å². The number of nitrogen functional groups attached to an aromatic ring is 1. The fourth-order valence-electron chi connectivity index (χ4n) is 3.72. The number of hydrogen-bond acceptors (Lipinski definition) is 3. The van der Waals surface area contributed by atoms with Crippen LogP contribution in [0.2, 0.25) is 0 Å². The molecule has 0 spiro atoms. The van der Waals surface area contributed by atoms with Crippen molar-refractivity contribution >= 4 is 10.9 Å². The first-order valence-electron chi connectivity index (χ1n) is 7.71.